The molecule has 224 valence electrons. The molecule has 0 N–H and O–H groups in total. The molecule has 2 atom stereocenters. The van der Waals surface area contributed by atoms with Gasteiger partial charge in [0.05, 0.1) is 23.7 Å². The van der Waals surface area contributed by atoms with Gasteiger partial charge >= 0.3 is 18.4 Å². The monoisotopic (exact) mass is 588 g/mol. The van der Waals surface area contributed by atoms with Gasteiger partial charge in [-0.2, -0.15) is 26.3 Å². The number of carbonyl (C=O) groups excluding carboxylic acids is 2. The van der Waals surface area contributed by atoms with Crippen LogP contribution in [0, 0.1) is 12.7 Å². The summed E-state index contributed by atoms with van der Waals surface area (Å²) in [4.78, 5) is 32.7. The molecular formula is C28H31F7N4O2. The number of carbonyl (C=O) groups is 2. The molecular weight excluding hydrogens is 557 g/mol. The minimum absolute atomic E-state index is 0.0414. The highest BCUT2D eigenvalue weighted by molar-refractivity contribution is 5.79. The number of hydrogen-bond donors (Lipinski definition) is 0. The fourth-order valence-corrected chi connectivity index (χ4v) is 5.63. The van der Waals surface area contributed by atoms with E-state index < -0.39 is 47.9 Å². The molecule has 2 unspecified atom stereocenters. The van der Waals surface area contributed by atoms with E-state index in [4.69, 9.17) is 0 Å². The Morgan fingerprint density at radius 1 is 0.976 bits per heavy atom. The Hall–Kier alpha value is -3.35. The van der Waals surface area contributed by atoms with E-state index >= 15 is 0 Å². The van der Waals surface area contributed by atoms with Gasteiger partial charge in [0.2, 0.25) is 5.91 Å². The Labute approximate surface area is 233 Å². The molecule has 13 heteroatoms. The van der Waals surface area contributed by atoms with Crippen molar-refractivity contribution in [1.82, 2.24) is 19.6 Å². The van der Waals surface area contributed by atoms with Crippen molar-refractivity contribution in [3.63, 3.8) is 0 Å². The highest BCUT2D eigenvalue weighted by Crippen LogP contribution is 2.38. The summed E-state index contributed by atoms with van der Waals surface area (Å²) in [6.45, 7) is 2.84. The molecule has 2 heterocycles. The quantitative estimate of drug-likeness (QED) is 0.431. The summed E-state index contributed by atoms with van der Waals surface area (Å²) in [5.74, 6) is -0.506. The summed E-state index contributed by atoms with van der Waals surface area (Å²) in [5, 5.41) is 0. The van der Waals surface area contributed by atoms with Gasteiger partial charge in [0, 0.05) is 39.3 Å². The van der Waals surface area contributed by atoms with E-state index in [1.165, 1.54) is 24.1 Å². The van der Waals surface area contributed by atoms with Crippen molar-refractivity contribution >= 4 is 11.9 Å². The van der Waals surface area contributed by atoms with E-state index in [-0.39, 0.29) is 36.7 Å². The second-order valence-electron chi connectivity index (χ2n) is 10.8. The van der Waals surface area contributed by atoms with Gasteiger partial charge in [-0.25, -0.2) is 9.18 Å². The van der Waals surface area contributed by atoms with Gasteiger partial charge in [-0.05, 0) is 73.8 Å². The van der Waals surface area contributed by atoms with Crippen LogP contribution in [-0.4, -0.2) is 77.9 Å². The molecule has 0 aromatic heterocycles. The number of nitrogens with zero attached hydrogens (tertiary/aromatic N) is 4. The van der Waals surface area contributed by atoms with Gasteiger partial charge in [0.1, 0.15) is 5.82 Å². The van der Waals surface area contributed by atoms with Crippen molar-refractivity contribution in [2.24, 2.45) is 0 Å². The molecule has 4 rings (SSSR count). The van der Waals surface area contributed by atoms with E-state index in [1.54, 1.807) is 17.9 Å². The second-order valence-corrected chi connectivity index (χ2v) is 10.8. The van der Waals surface area contributed by atoms with Gasteiger partial charge < -0.3 is 14.7 Å². The molecule has 41 heavy (non-hydrogen) atoms. The minimum Gasteiger partial charge on any atom is -0.337 e. The number of urea groups is 1. The van der Waals surface area contributed by atoms with Crippen LogP contribution in [0.4, 0.5) is 35.5 Å². The summed E-state index contributed by atoms with van der Waals surface area (Å²) in [6.07, 6.45) is -9.23. The van der Waals surface area contributed by atoms with Crippen LogP contribution in [0.25, 0.3) is 0 Å². The topological polar surface area (TPSA) is 47.1 Å². The summed E-state index contributed by atoms with van der Waals surface area (Å²) < 4.78 is 94.0. The lowest BCUT2D eigenvalue weighted by molar-refractivity contribution is -0.143. The zero-order chi connectivity index (χ0) is 30.3. The molecule has 3 amide bonds. The first-order chi connectivity index (χ1) is 19.0. The maximum Gasteiger partial charge on any atom is 0.416 e. The third-order valence-electron chi connectivity index (χ3n) is 7.69. The highest BCUT2D eigenvalue weighted by Gasteiger charge is 2.40. The zero-order valence-corrected chi connectivity index (χ0v) is 22.8. The molecule has 2 fully saturated rings. The number of amides is 3. The molecule has 6 nitrogen and oxygen atoms in total. The number of likely N-dealkylation sites (N-methyl/N-ethyl adjacent to an activating group) is 1. The molecule has 0 aliphatic carbocycles. The van der Waals surface area contributed by atoms with Crippen LogP contribution < -0.4 is 0 Å². The lowest BCUT2D eigenvalue weighted by atomic mass is 9.88. The minimum atomic E-state index is -5.01. The van der Waals surface area contributed by atoms with Gasteiger partial charge in [-0.15, -0.1) is 0 Å². The maximum absolute atomic E-state index is 13.9. The lowest BCUT2D eigenvalue weighted by Crippen LogP contribution is -2.57. The van der Waals surface area contributed by atoms with E-state index in [0.717, 1.165) is 4.90 Å². The number of alkyl halides is 6. The Bertz CT molecular complexity index is 1260. The Morgan fingerprint density at radius 3 is 2.17 bits per heavy atom. The van der Waals surface area contributed by atoms with E-state index in [1.807, 2.05) is 11.9 Å². The molecule has 2 aromatic carbocycles. The van der Waals surface area contributed by atoms with Crippen molar-refractivity contribution in [2.45, 2.75) is 50.7 Å². The number of piperidine rings is 1. The summed E-state index contributed by atoms with van der Waals surface area (Å²) >= 11 is 0. The first-order valence-electron chi connectivity index (χ1n) is 13.1. The first kappa shape index (κ1) is 30.6. The van der Waals surface area contributed by atoms with E-state index in [2.05, 4.69) is 0 Å². The molecule has 2 aromatic rings. The second kappa shape index (κ2) is 11.5. The summed E-state index contributed by atoms with van der Waals surface area (Å²) in [6, 6.07) is 4.01. The number of aryl methyl sites for hydroxylation is 1. The van der Waals surface area contributed by atoms with Crippen molar-refractivity contribution in [1.29, 1.82) is 0 Å². The van der Waals surface area contributed by atoms with Crippen LogP contribution in [0.15, 0.2) is 36.4 Å². The van der Waals surface area contributed by atoms with Gasteiger partial charge in [0.25, 0.3) is 0 Å². The van der Waals surface area contributed by atoms with Crippen molar-refractivity contribution in [3.05, 3.63) is 70.0 Å². The fraction of sp³-hybridized carbons (Fsp3) is 0.500. The van der Waals surface area contributed by atoms with Crippen LogP contribution in [0.3, 0.4) is 0 Å². The van der Waals surface area contributed by atoms with Crippen LogP contribution in [0.2, 0.25) is 0 Å². The zero-order valence-electron chi connectivity index (χ0n) is 22.8. The van der Waals surface area contributed by atoms with Crippen LogP contribution >= 0.6 is 0 Å². The summed E-state index contributed by atoms with van der Waals surface area (Å²) in [5.41, 5.74) is -2.01. The Balaban J connectivity index is 1.61. The van der Waals surface area contributed by atoms with E-state index in [0.29, 0.717) is 49.2 Å². The predicted octanol–water partition coefficient (Wildman–Crippen LogP) is 5.70. The molecule has 0 spiro atoms. The largest absolute Gasteiger partial charge is 0.416 e. The van der Waals surface area contributed by atoms with Crippen molar-refractivity contribution in [2.75, 3.05) is 40.3 Å². The van der Waals surface area contributed by atoms with Gasteiger partial charge in [-0.1, -0.05) is 6.07 Å². The molecule has 2 aliphatic heterocycles. The molecule has 0 radical (unpaired) electrons. The van der Waals surface area contributed by atoms with E-state index in [9.17, 15) is 40.3 Å². The number of likely N-dealkylation sites (tertiary alicyclic amines) is 1. The molecule has 2 aliphatic rings. The average molecular weight is 589 g/mol. The first-order valence-corrected chi connectivity index (χ1v) is 13.1. The number of benzene rings is 2. The fourth-order valence-electron chi connectivity index (χ4n) is 5.63. The van der Waals surface area contributed by atoms with Crippen LogP contribution in [0.5, 0.6) is 0 Å². The number of rotatable bonds is 4. The van der Waals surface area contributed by atoms with Crippen molar-refractivity contribution < 1.29 is 40.3 Å². The lowest BCUT2D eigenvalue weighted by Gasteiger charge is -2.46. The van der Waals surface area contributed by atoms with Crippen LogP contribution in [0.1, 0.15) is 46.7 Å². The number of piperazine rings is 1. The smallest absolute Gasteiger partial charge is 0.337 e. The number of halogens is 7. The molecule has 0 saturated carbocycles. The third-order valence-corrected chi connectivity index (χ3v) is 7.69. The maximum atomic E-state index is 13.9. The van der Waals surface area contributed by atoms with Crippen molar-refractivity contribution in [3.8, 4) is 0 Å². The molecule has 2 saturated heterocycles. The standard InChI is InChI=1S/C28H31F7N4O2/c1-17-10-21(29)4-5-23(17)24-14-22(38-9-8-36(2)16-25(38)40)6-7-39(24)26(41)37(3)15-18-11-19(27(30,31)32)13-20(12-18)28(33,34)35/h4-5,10-13,22,24H,6-9,14-16H2,1-3H3. The Morgan fingerprint density at radius 2 is 1.61 bits per heavy atom. The molecule has 0 bridgehead atoms. The normalized spacial score (nSPS) is 20.9. The summed E-state index contributed by atoms with van der Waals surface area (Å²) in [7, 11) is 3.15. The highest BCUT2D eigenvalue weighted by atomic mass is 19.4. The third kappa shape index (κ3) is 6.94. The van der Waals surface area contributed by atoms with Gasteiger partial charge in [-0.3, -0.25) is 9.69 Å². The average Bonchev–Trinajstić information content (AvgIpc) is 2.87. The Kier molecular flexibility index (Phi) is 8.58. The predicted molar refractivity (Wildman–Crippen MR) is 136 cm³/mol. The van der Waals surface area contributed by atoms with Crippen LogP contribution in [-0.2, 0) is 23.7 Å². The SMILES string of the molecule is Cc1cc(F)ccc1C1CC(N2CCN(C)CC2=O)CCN1C(=O)N(C)Cc1cc(C(F)(F)F)cc(C(F)(F)F)c1. The van der Waals surface area contributed by atoms with Gasteiger partial charge in [0.15, 0.2) is 0 Å². The number of hydrogen-bond acceptors (Lipinski definition) is 3.